The minimum atomic E-state index is -1.08. The number of hydrogen-bond acceptors (Lipinski definition) is 5. The second-order valence-electron chi connectivity index (χ2n) is 4.18. The third-order valence-corrected chi connectivity index (χ3v) is 3.42. The molecule has 21 heavy (non-hydrogen) atoms. The fraction of sp³-hybridized carbons (Fsp3) is 0.143. The molecule has 0 radical (unpaired) electrons. The highest BCUT2D eigenvalue weighted by molar-refractivity contribution is 7.09. The highest BCUT2D eigenvalue weighted by Crippen LogP contribution is 2.11. The van der Waals surface area contributed by atoms with Crippen LogP contribution in [0.5, 0.6) is 0 Å². The molecule has 0 aliphatic heterocycles. The molecule has 108 valence electrons. The molecule has 0 spiro atoms. The topological polar surface area (TPSA) is 92.2 Å². The molecular weight excluding hydrogens is 290 g/mol. The normalized spacial score (nSPS) is 10.7. The van der Waals surface area contributed by atoms with Gasteiger partial charge in [-0.1, -0.05) is 0 Å². The van der Waals surface area contributed by atoms with Gasteiger partial charge in [-0.05, 0) is 19.1 Å². The molecule has 0 atom stereocenters. The van der Waals surface area contributed by atoms with Gasteiger partial charge in [0.15, 0.2) is 0 Å². The Kier molecular flexibility index (Phi) is 4.78. The number of aromatic nitrogens is 2. The highest BCUT2D eigenvalue weighted by Gasteiger charge is 2.10. The number of thiazole rings is 1. The fourth-order valence-electron chi connectivity index (χ4n) is 1.66. The maximum atomic E-state index is 12.1. The summed E-state index contributed by atoms with van der Waals surface area (Å²) >= 11 is 1.52. The van der Waals surface area contributed by atoms with E-state index in [4.69, 9.17) is 5.11 Å². The number of aliphatic carboxylic acids is 1. The molecule has 2 rings (SSSR count). The maximum absolute atomic E-state index is 12.1. The number of amides is 1. The first-order valence-electron chi connectivity index (χ1n) is 6.10. The Morgan fingerprint density at radius 3 is 2.95 bits per heavy atom. The van der Waals surface area contributed by atoms with Crippen molar-refractivity contribution in [2.45, 2.75) is 13.5 Å². The van der Waals surface area contributed by atoms with Crippen LogP contribution in [0.1, 0.15) is 26.6 Å². The number of pyridine rings is 1. The van der Waals surface area contributed by atoms with Crippen molar-refractivity contribution in [3.8, 4) is 0 Å². The summed E-state index contributed by atoms with van der Waals surface area (Å²) in [5.41, 5.74) is 1.61. The van der Waals surface area contributed by atoms with Crippen molar-refractivity contribution in [2.24, 2.45) is 0 Å². The predicted octanol–water partition coefficient (Wildman–Crippen LogP) is 1.87. The standard InChI is InChI=1S/C14H13N3O3S/c1-9-17-11(8-21-9)7-16-14(20)12-4-5-15-6-10(12)2-3-13(18)19/h2-6,8H,7H2,1H3,(H,16,20)(H,18,19). The van der Waals surface area contributed by atoms with Crippen molar-refractivity contribution in [2.75, 3.05) is 0 Å². The number of carboxylic acid groups (broad SMARTS) is 1. The third kappa shape index (κ3) is 4.22. The quantitative estimate of drug-likeness (QED) is 0.823. The molecule has 2 aromatic heterocycles. The summed E-state index contributed by atoms with van der Waals surface area (Å²) < 4.78 is 0. The Morgan fingerprint density at radius 1 is 1.48 bits per heavy atom. The minimum Gasteiger partial charge on any atom is -0.478 e. The summed E-state index contributed by atoms with van der Waals surface area (Å²) in [6, 6.07) is 1.54. The number of carboxylic acids is 1. The molecule has 0 fully saturated rings. The number of carbonyl (C=O) groups is 2. The van der Waals surface area contributed by atoms with Crippen LogP contribution in [0.3, 0.4) is 0 Å². The molecule has 0 aliphatic rings. The Morgan fingerprint density at radius 2 is 2.29 bits per heavy atom. The van der Waals surface area contributed by atoms with Gasteiger partial charge in [0.2, 0.25) is 0 Å². The van der Waals surface area contributed by atoms with Gasteiger partial charge in [0.25, 0.3) is 5.91 Å². The van der Waals surface area contributed by atoms with Gasteiger partial charge in [-0.3, -0.25) is 9.78 Å². The van der Waals surface area contributed by atoms with E-state index in [0.717, 1.165) is 16.8 Å². The summed E-state index contributed by atoms with van der Waals surface area (Å²) in [5, 5.41) is 14.2. The first kappa shape index (κ1) is 14.9. The van der Waals surface area contributed by atoms with Crippen LogP contribution >= 0.6 is 11.3 Å². The smallest absolute Gasteiger partial charge is 0.328 e. The molecule has 6 nitrogen and oxygen atoms in total. The number of rotatable bonds is 5. The Bertz CT molecular complexity index is 694. The molecule has 0 aromatic carbocycles. The van der Waals surface area contributed by atoms with Crippen LogP contribution in [-0.4, -0.2) is 27.0 Å². The van der Waals surface area contributed by atoms with Crippen LogP contribution in [0, 0.1) is 6.92 Å². The van der Waals surface area contributed by atoms with Crippen molar-refractivity contribution in [3.63, 3.8) is 0 Å². The van der Waals surface area contributed by atoms with Crippen LogP contribution in [0.2, 0.25) is 0 Å². The average molecular weight is 303 g/mol. The lowest BCUT2D eigenvalue weighted by atomic mass is 10.1. The average Bonchev–Trinajstić information content (AvgIpc) is 2.88. The van der Waals surface area contributed by atoms with Crippen molar-refractivity contribution < 1.29 is 14.7 Å². The van der Waals surface area contributed by atoms with Crippen molar-refractivity contribution >= 4 is 29.3 Å². The molecule has 0 saturated heterocycles. The first-order valence-corrected chi connectivity index (χ1v) is 6.98. The Labute approximate surface area is 125 Å². The third-order valence-electron chi connectivity index (χ3n) is 2.60. The molecule has 1 amide bonds. The van der Waals surface area contributed by atoms with Crippen LogP contribution in [0.25, 0.3) is 6.08 Å². The summed E-state index contributed by atoms with van der Waals surface area (Å²) in [5.74, 6) is -1.38. The lowest BCUT2D eigenvalue weighted by Crippen LogP contribution is -2.23. The van der Waals surface area contributed by atoms with Gasteiger partial charge < -0.3 is 10.4 Å². The monoisotopic (exact) mass is 303 g/mol. The van der Waals surface area contributed by atoms with E-state index in [2.05, 4.69) is 15.3 Å². The summed E-state index contributed by atoms with van der Waals surface area (Å²) in [7, 11) is 0. The summed E-state index contributed by atoms with van der Waals surface area (Å²) in [6.07, 6.45) is 5.25. The van der Waals surface area contributed by atoms with E-state index < -0.39 is 5.97 Å². The van der Waals surface area contributed by atoms with Crippen molar-refractivity contribution in [1.82, 2.24) is 15.3 Å². The molecule has 0 saturated carbocycles. The second-order valence-corrected chi connectivity index (χ2v) is 5.24. The zero-order chi connectivity index (χ0) is 15.2. The van der Waals surface area contributed by atoms with Crippen molar-refractivity contribution in [1.29, 1.82) is 0 Å². The second kappa shape index (κ2) is 6.76. The van der Waals surface area contributed by atoms with Gasteiger partial charge in [-0.25, -0.2) is 9.78 Å². The van der Waals surface area contributed by atoms with Gasteiger partial charge in [0, 0.05) is 35.0 Å². The van der Waals surface area contributed by atoms with Gasteiger partial charge in [-0.15, -0.1) is 11.3 Å². The number of aryl methyl sites for hydroxylation is 1. The molecule has 2 N–H and O–H groups in total. The van der Waals surface area contributed by atoms with E-state index in [0.29, 0.717) is 17.7 Å². The lowest BCUT2D eigenvalue weighted by Gasteiger charge is -2.06. The molecule has 2 heterocycles. The van der Waals surface area contributed by atoms with Crippen molar-refractivity contribution in [3.05, 3.63) is 51.7 Å². The minimum absolute atomic E-state index is 0.298. The molecule has 7 heteroatoms. The van der Waals surface area contributed by atoms with Crippen LogP contribution in [0.15, 0.2) is 29.9 Å². The number of carbonyl (C=O) groups excluding carboxylic acids is 1. The molecule has 0 bridgehead atoms. The van der Waals surface area contributed by atoms with E-state index in [1.165, 1.54) is 29.8 Å². The summed E-state index contributed by atoms with van der Waals surface area (Å²) in [4.78, 5) is 30.8. The SMILES string of the molecule is Cc1nc(CNC(=O)c2ccncc2C=CC(=O)O)cs1. The van der Waals surface area contributed by atoms with Gasteiger partial charge in [0.05, 0.1) is 17.2 Å². The highest BCUT2D eigenvalue weighted by atomic mass is 32.1. The molecular formula is C14H13N3O3S. The largest absolute Gasteiger partial charge is 0.478 e. The number of nitrogens with one attached hydrogen (secondary N) is 1. The van der Waals surface area contributed by atoms with Gasteiger partial charge in [-0.2, -0.15) is 0 Å². The Hall–Kier alpha value is -2.54. The van der Waals surface area contributed by atoms with E-state index in [1.54, 1.807) is 6.07 Å². The van der Waals surface area contributed by atoms with E-state index in [-0.39, 0.29) is 5.91 Å². The van der Waals surface area contributed by atoms with Crippen LogP contribution in [0.4, 0.5) is 0 Å². The lowest BCUT2D eigenvalue weighted by molar-refractivity contribution is -0.131. The van der Waals surface area contributed by atoms with E-state index in [9.17, 15) is 9.59 Å². The predicted molar refractivity (Wildman–Crippen MR) is 78.9 cm³/mol. The number of hydrogen-bond donors (Lipinski definition) is 2. The molecule has 0 aliphatic carbocycles. The van der Waals surface area contributed by atoms with Crippen LogP contribution in [-0.2, 0) is 11.3 Å². The number of nitrogens with zero attached hydrogens (tertiary/aromatic N) is 2. The molecule has 0 unspecified atom stereocenters. The molecule has 2 aromatic rings. The van der Waals surface area contributed by atoms with E-state index >= 15 is 0 Å². The maximum Gasteiger partial charge on any atom is 0.328 e. The summed E-state index contributed by atoms with van der Waals surface area (Å²) in [6.45, 7) is 2.22. The zero-order valence-electron chi connectivity index (χ0n) is 11.2. The Balaban J connectivity index is 2.10. The first-order chi connectivity index (χ1) is 10.1. The van der Waals surface area contributed by atoms with Gasteiger partial charge >= 0.3 is 5.97 Å². The zero-order valence-corrected chi connectivity index (χ0v) is 12.1. The van der Waals surface area contributed by atoms with Crippen LogP contribution < -0.4 is 5.32 Å². The van der Waals surface area contributed by atoms with E-state index in [1.807, 2.05) is 12.3 Å². The fourth-order valence-corrected chi connectivity index (χ4v) is 2.28. The van der Waals surface area contributed by atoms with Gasteiger partial charge in [0.1, 0.15) is 0 Å².